The molecule has 3 heterocycles. The van der Waals surface area contributed by atoms with Crippen molar-refractivity contribution in [1.29, 1.82) is 0 Å². The van der Waals surface area contributed by atoms with E-state index in [0.29, 0.717) is 6.61 Å². The van der Waals surface area contributed by atoms with Gasteiger partial charge in [-0.15, -0.1) is 0 Å². The van der Waals surface area contributed by atoms with Gasteiger partial charge < -0.3 is 19.7 Å². The summed E-state index contributed by atoms with van der Waals surface area (Å²) in [6.45, 7) is 7.11. The van der Waals surface area contributed by atoms with Crippen LogP contribution >= 0.6 is 0 Å². The number of ether oxygens (including phenoxy) is 2. The lowest BCUT2D eigenvalue weighted by Gasteiger charge is -2.48. The summed E-state index contributed by atoms with van der Waals surface area (Å²) < 4.78 is 13.5. The fraction of sp³-hybridized carbons (Fsp3) is 0.810. The summed E-state index contributed by atoms with van der Waals surface area (Å²) in [5, 5.41) is 8.04. The van der Waals surface area contributed by atoms with E-state index in [4.69, 9.17) is 9.47 Å². The first-order valence-corrected chi connectivity index (χ1v) is 11.1. The first-order chi connectivity index (χ1) is 14.2. The summed E-state index contributed by atoms with van der Waals surface area (Å²) in [7, 11) is 3.83. The lowest BCUT2D eigenvalue weighted by atomic mass is 9.79. The molecule has 0 aromatic carbocycles. The molecule has 1 aromatic heterocycles. The quantitative estimate of drug-likeness (QED) is 0.605. The molecule has 0 amide bonds. The molecule has 1 atom stereocenters. The second-order valence-corrected chi connectivity index (χ2v) is 8.54. The smallest absolute Gasteiger partial charge is 0.193 e. The number of aryl methyl sites for hydroxylation is 1. The molecule has 0 radical (unpaired) electrons. The third-order valence-corrected chi connectivity index (χ3v) is 6.72. The Kier molecular flexibility index (Phi) is 6.72. The Balaban J connectivity index is 1.40. The van der Waals surface area contributed by atoms with Crippen LogP contribution in [0.15, 0.2) is 17.4 Å². The SMILES string of the molecule is CN=C(NCC1(N2CCOCC2)CCCCC1)N1CCOC(c2cnn(C)c2)C1. The van der Waals surface area contributed by atoms with Crippen molar-refractivity contribution < 1.29 is 9.47 Å². The lowest BCUT2D eigenvalue weighted by Crippen LogP contribution is -2.61. The Morgan fingerprint density at radius 1 is 1.21 bits per heavy atom. The molecule has 1 aliphatic carbocycles. The molecule has 29 heavy (non-hydrogen) atoms. The first kappa shape index (κ1) is 20.6. The van der Waals surface area contributed by atoms with Crippen LogP contribution in [-0.2, 0) is 16.5 Å². The van der Waals surface area contributed by atoms with Gasteiger partial charge in [0.15, 0.2) is 5.96 Å². The molecule has 0 bridgehead atoms. The standard InChI is InChI=1S/C21H36N6O2/c1-22-20(26-8-13-29-19(16-26)18-14-24-25(2)15-18)23-17-21(6-4-3-5-7-21)27-9-11-28-12-10-27/h14-15,19H,3-13,16-17H2,1-2H3,(H,22,23). The highest BCUT2D eigenvalue weighted by atomic mass is 16.5. The van der Waals surface area contributed by atoms with E-state index >= 15 is 0 Å². The van der Waals surface area contributed by atoms with Crippen LogP contribution in [0.2, 0.25) is 0 Å². The Morgan fingerprint density at radius 3 is 2.69 bits per heavy atom. The molecule has 1 aromatic rings. The van der Waals surface area contributed by atoms with Crippen molar-refractivity contribution in [3.8, 4) is 0 Å². The zero-order valence-corrected chi connectivity index (χ0v) is 18.0. The number of aliphatic imine (C=N–C) groups is 1. The number of morpholine rings is 2. The van der Waals surface area contributed by atoms with Gasteiger partial charge in [-0.2, -0.15) is 5.10 Å². The van der Waals surface area contributed by atoms with Gasteiger partial charge >= 0.3 is 0 Å². The molecule has 2 aliphatic heterocycles. The summed E-state index contributed by atoms with van der Waals surface area (Å²) >= 11 is 0. The van der Waals surface area contributed by atoms with Gasteiger partial charge in [0.1, 0.15) is 6.10 Å². The number of guanidine groups is 1. The number of rotatable bonds is 4. The fourth-order valence-electron chi connectivity index (χ4n) is 5.08. The summed E-state index contributed by atoms with van der Waals surface area (Å²) in [6, 6.07) is 0. The number of nitrogens with one attached hydrogen (secondary N) is 1. The molecule has 1 N–H and O–H groups in total. The largest absolute Gasteiger partial charge is 0.379 e. The van der Waals surface area contributed by atoms with Crippen molar-refractivity contribution in [1.82, 2.24) is 24.9 Å². The molecule has 162 valence electrons. The Hall–Kier alpha value is -1.64. The van der Waals surface area contributed by atoms with Crippen LogP contribution in [0, 0.1) is 0 Å². The van der Waals surface area contributed by atoms with Crippen molar-refractivity contribution >= 4 is 5.96 Å². The van der Waals surface area contributed by atoms with E-state index < -0.39 is 0 Å². The molecular weight excluding hydrogens is 368 g/mol. The van der Waals surface area contributed by atoms with Crippen LogP contribution in [0.4, 0.5) is 0 Å². The zero-order valence-electron chi connectivity index (χ0n) is 18.0. The van der Waals surface area contributed by atoms with Gasteiger partial charge in [-0.05, 0) is 12.8 Å². The normalized spacial score (nSPS) is 26.5. The highest BCUT2D eigenvalue weighted by Crippen LogP contribution is 2.34. The number of aromatic nitrogens is 2. The van der Waals surface area contributed by atoms with Gasteiger partial charge in [0.05, 0.1) is 32.6 Å². The van der Waals surface area contributed by atoms with E-state index in [0.717, 1.165) is 57.5 Å². The maximum atomic E-state index is 6.01. The van der Waals surface area contributed by atoms with Crippen LogP contribution < -0.4 is 5.32 Å². The molecule has 3 aliphatic rings. The summed E-state index contributed by atoms with van der Waals surface area (Å²) in [6.07, 6.45) is 10.5. The van der Waals surface area contributed by atoms with E-state index in [-0.39, 0.29) is 11.6 Å². The highest BCUT2D eigenvalue weighted by molar-refractivity contribution is 5.80. The first-order valence-electron chi connectivity index (χ1n) is 11.1. The van der Waals surface area contributed by atoms with Gasteiger partial charge in [-0.1, -0.05) is 19.3 Å². The molecule has 4 rings (SSSR count). The number of hydrogen-bond acceptors (Lipinski definition) is 5. The van der Waals surface area contributed by atoms with Gasteiger partial charge in [0.25, 0.3) is 0 Å². The minimum atomic E-state index is 0.0406. The second kappa shape index (κ2) is 9.45. The Bertz CT molecular complexity index is 678. The second-order valence-electron chi connectivity index (χ2n) is 8.54. The van der Waals surface area contributed by atoms with Gasteiger partial charge in [0, 0.05) is 57.6 Å². The van der Waals surface area contributed by atoms with E-state index in [1.807, 2.05) is 31.2 Å². The van der Waals surface area contributed by atoms with Crippen LogP contribution in [0.3, 0.4) is 0 Å². The average molecular weight is 405 g/mol. The van der Waals surface area contributed by atoms with Crippen molar-refractivity contribution in [3.63, 3.8) is 0 Å². The fourth-order valence-corrected chi connectivity index (χ4v) is 5.08. The van der Waals surface area contributed by atoms with E-state index in [1.165, 1.54) is 32.1 Å². The maximum Gasteiger partial charge on any atom is 0.193 e. The minimum absolute atomic E-state index is 0.0406. The van der Waals surface area contributed by atoms with Crippen molar-refractivity contribution in [3.05, 3.63) is 18.0 Å². The summed E-state index contributed by atoms with van der Waals surface area (Å²) in [5.74, 6) is 0.986. The highest BCUT2D eigenvalue weighted by Gasteiger charge is 2.39. The van der Waals surface area contributed by atoms with Gasteiger partial charge in [-0.25, -0.2) is 0 Å². The molecule has 3 fully saturated rings. The summed E-state index contributed by atoms with van der Waals surface area (Å²) in [4.78, 5) is 9.62. The van der Waals surface area contributed by atoms with Crippen molar-refractivity contribution in [2.45, 2.75) is 43.7 Å². The van der Waals surface area contributed by atoms with Crippen LogP contribution in [0.25, 0.3) is 0 Å². The van der Waals surface area contributed by atoms with Gasteiger partial charge in [-0.3, -0.25) is 14.6 Å². The Labute approximate surface area is 174 Å². The van der Waals surface area contributed by atoms with E-state index in [2.05, 4.69) is 25.2 Å². The lowest BCUT2D eigenvalue weighted by molar-refractivity contribution is -0.0362. The van der Waals surface area contributed by atoms with Crippen LogP contribution in [0.5, 0.6) is 0 Å². The molecule has 1 saturated carbocycles. The minimum Gasteiger partial charge on any atom is -0.379 e. The zero-order chi connectivity index (χ0) is 20.1. The number of nitrogens with zero attached hydrogens (tertiary/aromatic N) is 5. The maximum absolute atomic E-state index is 6.01. The Morgan fingerprint density at radius 2 is 2.00 bits per heavy atom. The topological polar surface area (TPSA) is 67.2 Å². The third-order valence-electron chi connectivity index (χ3n) is 6.72. The molecule has 1 unspecified atom stereocenters. The predicted molar refractivity (Wildman–Crippen MR) is 113 cm³/mol. The van der Waals surface area contributed by atoms with Crippen LogP contribution in [-0.4, -0.2) is 90.7 Å². The van der Waals surface area contributed by atoms with Crippen molar-refractivity contribution in [2.24, 2.45) is 12.0 Å². The molecule has 8 nitrogen and oxygen atoms in total. The summed E-state index contributed by atoms with van der Waals surface area (Å²) in [5.41, 5.74) is 1.36. The monoisotopic (exact) mass is 404 g/mol. The van der Waals surface area contributed by atoms with Crippen LogP contribution in [0.1, 0.15) is 43.8 Å². The molecule has 8 heteroatoms. The average Bonchev–Trinajstić information content (AvgIpc) is 3.22. The third kappa shape index (κ3) is 4.75. The molecule has 2 saturated heterocycles. The molecule has 0 spiro atoms. The number of hydrogen-bond donors (Lipinski definition) is 1. The van der Waals surface area contributed by atoms with Gasteiger partial charge in [0.2, 0.25) is 0 Å². The predicted octanol–water partition coefficient (Wildman–Crippen LogP) is 1.40. The van der Waals surface area contributed by atoms with Crippen molar-refractivity contribution in [2.75, 3.05) is 59.6 Å². The van der Waals surface area contributed by atoms with E-state index in [1.54, 1.807) is 0 Å². The van der Waals surface area contributed by atoms with E-state index in [9.17, 15) is 0 Å². The molecular formula is C21H36N6O2.